The van der Waals surface area contributed by atoms with Crippen LogP contribution in [-0.4, -0.2) is 37.6 Å². The van der Waals surface area contributed by atoms with Crippen LogP contribution >= 0.6 is 35.3 Å². The molecule has 1 saturated heterocycles. The summed E-state index contributed by atoms with van der Waals surface area (Å²) in [6.45, 7) is 7.10. The zero-order valence-corrected chi connectivity index (χ0v) is 13.8. The van der Waals surface area contributed by atoms with E-state index in [1.807, 2.05) is 17.5 Å². The second-order valence-electron chi connectivity index (χ2n) is 5.04. The molecule has 6 heteroatoms. The Morgan fingerprint density at radius 1 is 1.58 bits per heavy atom. The third kappa shape index (κ3) is 3.12. The normalized spacial score (nSPS) is 23.1. The van der Waals surface area contributed by atoms with E-state index in [-0.39, 0.29) is 10.9 Å². The molecule has 0 bridgehead atoms. The number of nitrogens with zero attached hydrogens (tertiary/aromatic N) is 2. The first-order valence-corrected chi connectivity index (χ1v) is 8.39. The molecule has 0 aliphatic carbocycles. The molecule has 1 fully saturated rings. The minimum atomic E-state index is -0.230. The molecule has 1 aromatic heterocycles. The van der Waals surface area contributed by atoms with E-state index in [0.29, 0.717) is 0 Å². The summed E-state index contributed by atoms with van der Waals surface area (Å²) in [5.41, 5.74) is 0. The Morgan fingerprint density at radius 2 is 2.32 bits per heavy atom. The highest BCUT2D eigenvalue weighted by Gasteiger charge is 2.49. The molecule has 1 aliphatic heterocycles. The van der Waals surface area contributed by atoms with Crippen molar-refractivity contribution >= 4 is 45.9 Å². The average molecular weight is 315 g/mol. The maximum Gasteiger partial charge on any atom is 0.254 e. The molecule has 0 aromatic carbocycles. The quantitative estimate of drug-likeness (QED) is 0.279. The zero-order valence-electron chi connectivity index (χ0n) is 11.3. The Labute approximate surface area is 127 Å². The maximum atomic E-state index is 12.5. The van der Waals surface area contributed by atoms with Gasteiger partial charge in [-0.2, -0.15) is 4.74 Å². The third-order valence-corrected chi connectivity index (χ3v) is 5.44. The summed E-state index contributed by atoms with van der Waals surface area (Å²) < 4.78 is 1.70. The number of hydroxylamine groups is 1. The van der Waals surface area contributed by atoms with Crippen molar-refractivity contribution in [3.8, 4) is 0 Å². The van der Waals surface area contributed by atoms with Gasteiger partial charge in [-0.15, -0.1) is 11.3 Å². The number of hydrogen-bond donors (Lipinski definition) is 0. The first kappa shape index (κ1) is 14.8. The second-order valence-corrected chi connectivity index (χ2v) is 8.31. The Hall–Kier alpha value is -0.590. The smallest absolute Gasteiger partial charge is 0.254 e. The molecule has 1 aliphatic rings. The fraction of sp³-hybridized carbons (Fsp3) is 0.538. The number of thioether (sulfide) groups is 1. The fourth-order valence-electron chi connectivity index (χ4n) is 2.27. The predicted molar refractivity (Wildman–Crippen MR) is 88.2 cm³/mol. The van der Waals surface area contributed by atoms with Gasteiger partial charge < -0.3 is 5.21 Å². The Bertz CT molecular complexity index is 482. The maximum absolute atomic E-state index is 12.5. The SMILES string of the molecule is CCCN1C(=S)SC(C)(C)C1/[N+]([O-])=C/c1cccs1. The van der Waals surface area contributed by atoms with Crippen LogP contribution in [0.4, 0.5) is 0 Å². The van der Waals surface area contributed by atoms with Crippen LogP contribution in [0.15, 0.2) is 17.5 Å². The fourth-order valence-corrected chi connectivity index (χ4v) is 4.84. The van der Waals surface area contributed by atoms with Crippen molar-refractivity contribution in [1.29, 1.82) is 0 Å². The van der Waals surface area contributed by atoms with Crippen molar-refractivity contribution in [2.24, 2.45) is 0 Å². The molecule has 104 valence electrons. The zero-order chi connectivity index (χ0) is 14.0. The molecular weight excluding hydrogens is 296 g/mol. The summed E-state index contributed by atoms with van der Waals surface area (Å²) >= 11 is 8.60. The van der Waals surface area contributed by atoms with Crippen LogP contribution in [0.25, 0.3) is 0 Å². The molecule has 1 unspecified atom stereocenters. The second kappa shape index (κ2) is 5.81. The van der Waals surface area contributed by atoms with Crippen LogP contribution in [-0.2, 0) is 0 Å². The highest BCUT2D eigenvalue weighted by molar-refractivity contribution is 8.24. The number of hydrogen-bond acceptors (Lipinski definition) is 4. The lowest BCUT2D eigenvalue weighted by Crippen LogP contribution is -2.48. The molecule has 0 spiro atoms. The van der Waals surface area contributed by atoms with Gasteiger partial charge in [0.25, 0.3) is 6.17 Å². The van der Waals surface area contributed by atoms with Gasteiger partial charge in [0.2, 0.25) is 0 Å². The van der Waals surface area contributed by atoms with Gasteiger partial charge in [-0.05, 0) is 31.7 Å². The van der Waals surface area contributed by atoms with E-state index >= 15 is 0 Å². The molecule has 1 atom stereocenters. The Kier molecular flexibility index (Phi) is 4.53. The lowest BCUT2D eigenvalue weighted by molar-refractivity contribution is -0.523. The Morgan fingerprint density at radius 3 is 2.89 bits per heavy atom. The molecule has 2 heterocycles. The van der Waals surface area contributed by atoms with Gasteiger partial charge in [0, 0.05) is 6.54 Å². The van der Waals surface area contributed by atoms with E-state index in [2.05, 4.69) is 25.7 Å². The van der Waals surface area contributed by atoms with Crippen molar-refractivity contribution in [3.63, 3.8) is 0 Å². The number of thiophene rings is 1. The standard InChI is InChI=1S/C13H18N2OS3/c1-4-7-14-11(13(2,3)19-12(14)17)15(16)9-10-6-5-8-18-10/h5-6,8-9,11H,4,7H2,1-3H3/b15-9-. The predicted octanol–water partition coefficient (Wildman–Crippen LogP) is 3.53. The highest BCUT2D eigenvalue weighted by Crippen LogP contribution is 2.41. The van der Waals surface area contributed by atoms with Gasteiger partial charge in [-0.1, -0.05) is 37.0 Å². The molecule has 0 amide bonds. The average Bonchev–Trinajstić information content (AvgIpc) is 2.86. The van der Waals surface area contributed by atoms with E-state index in [9.17, 15) is 5.21 Å². The minimum Gasteiger partial charge on any atom is -0.622 e. The van der Waals surface area contributed by atoms with E-state index in [0.717, 1.165) is 26.9 Å². The largest absolute Gasteiger partial charge is 0.622 e. The van der Waals surface area contributed by atoms with Crippen molar-refractivity contribution in [2.75, 3.05) is 6.54 Å². The third-order valence-electron chi connectivity index (χ3n) is 3.01. The Balaban J connectivity index is 2.30. The lowest BCUT2D eigenvalue weighted by atomic mass is 10.1. The molecule has 19 heavy (non-hydrogen) atoms. The summed E-state index contributed by atoms with van der Waals surface area (Å²) in [5.74, 6) is 0. The van der Waals surface area contributed by atoms with Crippen LogP contribution in [0.1, 0.15) is 32.1 Å². The van der Waals surface area contributed by atoms with Crippen LogP contribution in [0.3, 0.4) is 0 Å². The van der Waals surface area contributed by atoms with Crippen molar-refractivity contribution in [3.05, 3.63) is 27.6 Å². The van der Waals surface area contributed by atoms with Gasteiger partial charge >= 0.3 is 0 Å². The van der Waals surface area contributed by atoms with Crippen LogP contribution in [0.2, 0.25) is 0 Å². The van der Waals surface area contributed by atoms with Crippen molar-refractivity contribution in [2.45, 2.75) is 38.1 Å². The topological polar surface area (TPSA) is 29.3 Å². The number of rotatable bonds is 4. The highest BCUT2D eigenvalue weighted by atomic mass is 32.2. The van der Waals surface area contributed by atoms with Gasteiger partial charge in [0.1, 0.15) is 9.07 Å². The summed E-state index contributed by atoms with van der Waals surface area (Å²) in [4.78, 5) is 3.03. The van der Waals surface area contributed by atoms with Crippen molar-refractivity contribution < 1.29 is 4.74 Å². The molecule has 1 aromatic rings. The van der Waals surface area contributed by atoms with E-state index < -0.39 is 0 Å². The monoisotopic (exact) mass is 314 g/mol. The van der Waals surface area contributed by atoms with Crippen LogP contribution < -0.4 is 0 Å². The van der Waals surface area contributed by atoms with Gasteiger partial charge in [-0.3, -0.25) is 4.90 Å². The lowest BCUT2D eigenvalue weighted by Gasteiger charge is -2.29. The molecule has 2 rings (SSSR count). The van der Waals surface area contributed by atoms with Gasteiger partial charge in [-0.25, -0.2) is 0 Å². The summed E-state index contributed by atoms with van der Waals surface area (Å²) in [6, 6.07) is 3.90. The van der Waals surface area contributed by atoms with Crippen LogP contribution in [0, 0.1) is 5.21 Å². The van der Waals surface area contributed by atoms with E-state index in [4.69, 9.17) is 12.2 Å². The van der Waals surface area contributed by atoms with Crippen molar-refractivity contribution in [1.82, 2.24) is 4.90 Å². The van der Waals surface area contributed by atoms with Crippen LogP contribution in [0.5, 0.6) is 0 Å². The molecule has 0 N–H and O–H groups in total. The summed E-state index contributed by atoms with van der Waals surface area (Å²) in [6.07, 6.45) is 2.43. The summed E-state index contributed by atoms with van der Waals surface area (Å²) in [7, 11) is 0. The first-order chi connectivity index (χ1) is 8.95. The van der Waals surface area contributed by atoms with Gasteiger partial charge in [0.15, 0.2) is 6.21 Å². The minimum absolute atomic E-state index is 0.193. The first-order valence-electron chi connectivity index (χ1n) is 6.29. The van der Waals surface area contributed by atoms with Gasteiger partial charge in [0.05, 0.1) is 4.88 Å². The summed E-state index contributed by atoms with van der Waals surface area (Å²) in [5, 5.41) is 14.5. The molecule has 3 nitrogen and oxygen atoms in total. The molecule has 0 saturated carbocycles. The molecule has 0 radical (unpaired) electrons. The number of thiocarbonyl (C=S) groups is 1. The van der Waals surface area contributed by atoms with E-state index in [1.54, 1.807) is 29.3 Å². The molecular formula is C13H18N2OS3. The van der Waals surface area contributed by atoms with E-state index in [1.165, 1.54) is 0 Å².